The van der Waals surface area contributed by atoms with Gasteiger partial charge in [0.05, 0.1) is 41.6 Å². The second kappa shape index (κ2) is 20.2. The Morgan fingerprint density at radius 2 is 1.53 bits per heavy atom. The quantitative estimate of drug-likeness (QED) is 0.121. The number of hydrogen-bond acceptors (Lipinski definition) is 14. The van der Waals surface area contributed by atoms with Crippen molar-refractivity contribution in [3.8, 4) is 39.1 Å². The number of nitrogens with zero attached hydrogens (tertiary/aromatic N) is 9. The standard InChI is InChI=1S/C54H56Cl2N10O6S/c1-30-31(2)73-53-46(30)48(36-8-12-37(55)13-9-36)57-42(52-62-61-32(3)66(52)53)27-45(68)65-22-20-64(21-23-65)38-16-18-63(19-17-38)24-25-69-39-14-10-34(11-15-39)33-4-6-35(7-5-33)47-40(56)26-41-51(59-47)60-54(58-41)72-44-29-71-49-43(67)28-70-50(44)49/h4-15,26,38,42-44,49-50,67H,16-25,27-29H2,1-3H3,(H,58,59,60)/t42-,43+,44+,49+,50+/m0/s1. The number of halogens is 2. The van der Waals surface area contributed by atoms with Crippen LogP contribution < -0.4 is 9.47 Å². The van der Waals surface area contributed by atoms with Crippen LogP contribution in [0.25, 0.3) is 38.5 Å². The van der Waals surface area contributed by atoms with Crippen molar-refractivity contribution in [3.63, 3.8) is 0 Å². The zero-order valence-electron chi connectivity index (χ0n) is 40.8. The molecular weight excluding hydrogens is 988 g/mol. The first-order chi connectivity index (χ1) is 35.5. The van der Waals surface area contributed by atoms with Gasteiger partial charge in [0.2, 0.25) is 5.91 Å². The summed E-state index contributed by atoms with van der Waals surface area (Å²) in [5.41, 5.74) is 8.83. The van der Waals surface area contributed by atoms with Crippen molar-refractivity contribution in [3.05, 3.63) is 122 Å². The molecule has 4 saturated heterocycles. The summed E-state index contributed by atoms with van der Waals surface area (Å²) in [6.45, 7) is 13.4. The van der Waals surface area contributed by atoms with E-state index in [1.165, 1.54) is 10.4 Å². The van der Waals surface area contributed by atoms with Crippen molar-refractivity contribution in [2.24, 2.45) is 4.99 Å². The van der Waals surface area contributed by atoms with E-state index in [2.05, 4.69) is 72.6 Å². The molecule has 9 heterocycles. The summed E-state index contributed by atoms with van der Waals surface area (Å²) in [5, 5.41) is 21.4. The van der Waals surface area contributed by atoms with Crippen molar-refractivity contribution < 1.29 is 28.8 Å². The number of benzene rings is 3. The van der Waals surface area contributed by atoms with Gasteiger partial charge in [-0.3, -0.25) is 24.2 Å². The number of pyridine rings is 1. The lowest BCUT2D eigenvalue weighted by molar-refractivity contribution is -0.133. The lowest BCUT2D eigenvalue weighted by atomic mass is 9.99. The number of imidazole rings is 1. The van der Waals surface area contributed by atoms with Crippen LogP contribution in [-0.4, -0.2) is 157 Å². The van der Waals surface area contributed by atoms with Crippen LogP contribution in [-0.2, 0) is 14.3 Å². The third kappa shape index (κ3) is 9.54. The van der Waals surface area contributed by atoms with Crippen LogP contribution in [0.1, 0.15) is 58.5 Å². The van der Waals surface area contributed by atoms with E-state index in [1.807, 2.05) is 60.4 Å². The summed E-state index contributed by atoms with van der Waals surface area (Å²) in [7, 11) is 0. The highest BCUT2D eigenvalue weighted by molar-refractivity contribution is 7.15. The van der Waals surface area contributed by atoms with Crippen LogP contribution in [0, 0.1) is 20.8 Å². The van der Waals surface area contributed by atoms with Crippen molar-refractivity contribution in [2.75, 3.05) is 65.6 Å². The number of rotatable bonds is 12. The van der Waals surface area contributed by atoms with Gasteiger partial charge in [0, 0.05) is 65.4 Å². The molecule has 0 saturated carbocycles. The van der Waals surface area contributed by atoms with E-state index in [-0.39, 0.29) is 31.1 Å². The maximum atomic E-state index is 14.1. The van der Waals surface area contributed by atoms with Crippen LogP contribution >= 0.6 is 34.5 Å². The average Bonchev–Trinajstić information content (AvgIpc) is 4.23. The molecule has 19 heteroatoms. The van der Waals surface area contributed by atoms with Crippen molar-refractivity contribution in [1.82, 2.24) is 44.4 Å². The summed E-state index contributed by atoms with van der Waals surface area (Å²) in [5.74, 6) is 2.43. The predicted octanol–water partition coefficient (Wildman–Crippen LogP) is 8.04. The Labute approximate surface area is 436 Å². The number of aryl methyl sites for hydroxylation is 2. The van der Waals surface area contributed by atoms with Gasteiger partial charge >= 0.3 is 0 Å². The van der Waals surface area contributed by atoms with Gasteiger partial charge in [0.25, 0.3) is 6.01 Å². The molecule has 2 N–H and O–H groups in total. The monoisotopic (exact) mass is 1040 g/mol. The number of aromatic amines is 1. The van der Waals surface area contributed by atoms with Gasteiger partial charge in [-0.15, -0.1) is 21.5 Å². The number of amides is 1. The number of aromatic nitrogens is 6. The maximum absolute atomic E-state index is 14.1. The average molecular weight is 1040 g/mol. The summed E-state index contributed by atoms with van der Waals surface area (Å²) >= 11 is 14.8. The van der Waals surface area contributed by atoms with Crippen LogP contribution in [0.5, 0.6) is 11.8 Å². The Bertz CT molecular complexity index is 3180. The predicted molar refractivity (Wildman–Crippen MR) is 281 cm³/mol. The molecule has 5 atom stereocenters. The number of likely N-dealkylation sites (tertiary alicyclic amines) is 1. The van der Waals surface area contributed by atoms with Gasteiger partial charge in [-0.1, -0.05) is 71.7 Å². The number of piperazine rings is 1. The maximum Gasteiger partial charge on any atom is 0.296 e. The molecule has 0 spiro atoms. The smallest absolute Gasteiger partial charge is 0.296 e. The Morgan fingerprint density at radius 1 is 0.836 bits per heavy atom. The Kier molecular flexibility index (Phi) is 13.3. The highest BCUT2D eigenvalue weighted by Crippen LogP contribution is 2.40. The van der Waals surface area contributed by atoms with Crippen molar-refractivity contribution in [1.29, 1.82) is 0 Å². The number of aliphatic imine (C=N–C) groups is 1. The van der Waals surface area contributed by atoms with Gasteiger partial charge in [-0.05, 0) is 93.7 Å². The molecule has 0 unspecified atom stereocenters. The minimum absolute atomic E-state index is 0.0942. The van der Waals surface area contributed by atoms with E-state index in [4.69, 9.17) is 52.1 Å². The third-order valence-corrected chi connectivity index (χ3v) is 16.9. The molecule has 5 aliphatic rings. The highest BCUT2D eigenvalue weighted by atomic mass is 35.5. The highest BCUT2D eigenvalue weighted by Gasteiger charge is 2.49. The molecule has 1 amide bonds. The van der Waals surface area contributed by atoms with E-state index in [0.717, 1.165) is 95.7 Å². The summed E-state index contributed by atoms with van der Waals surface area (Å²) in [6, 6.07) is 26.3. The largest absolute Gasteiger partial charge is 0.492 e. The molecule has 0 aliphatic carbocycles. The fraction of sp³-hybridized carbons (Fsp3) is 0.407. The van der Waals surface area contributed by atoms with Crippen LogP contribution in [0.3, 0.4) is 0 Å². The number of thiophene rings is 1. The van der Waals surface area contributed by atoms with E-state index in [0.29, 0.717) is 71.1 Å². The minimum Gasteiger partial charge on any atom is -0.492 e. The van der Waals surface area contributed by atoms with Crippen molar-refractivity contribution >= 4 is 57.3 Å². The second-order valence-electron chi connectivity index (χ2n) is 19.6. The van der Waals surface area contributed by atoms with Crippen LogP contribution in [0.2, 0.25) is 10.0 Å². The molecule has 378 valence electrons. The van der Waals surface area contributed by atoms with Gasteiger partial charge in [0.15, 0.2) is 17.6 Å². The van der Waals surface area contributed by atoms with Crippen molar-refractivity contribution in [2.45, 2.75) is 76.5 Å². The number of carbonyl (C=O) groups is 1. The first kappa shape index (κ1) is 48.2. The third-order valence-electron chi connectivity index (χ3n) is 15.1. The number of piperidine rings is 1. The summed E-state index contributed by atoms with van der Waals surface area (Å²) < 4.78 is 25.8. The fourth-order valence-electron chi connectivity index (χ4n) is 11.0. The lowest BCUT2D eigenvalue weighted by Crippen LogP contribution is -2.54. The van der Waals surface area contributed by atoms with Crippen LogP contribution in [0.15, 0.2) is 83.9 Å². The van der Waals surface area contributed by atoms with Gasteiger partial charge in [-0.25, -0.2) is 4.98 Å². The zero-order chi connectivity index (χ0) is 49.9. The van der Waals surface area contributed by atoms with E-state index >= 15 is 0 Å². The lowest BCUT2D eigenvalue weighted by Gasteiger charge is -2.42. The summed E-state index contributed by atoms with van der Waals surface area (Å²) in [4.78, 5) is 40.2. The number of aliphatic hydroxyl groups is 1. The number of nitrogens with one attached hydrogen (secondary N) is 1. The molecule has 16 nitrogen and oxygen atoms in total. The molecule has 7 aromatic rings. The fourth-order valence-corrected chi connectivity index (χ4v) is 12.6. The van der Waals surface area contributed by atoms with Gasteiger partial charge < -0.3 is 33.9 Å². The van der Waals surface area contributed by atoms with E-state index in [1.54, 1.807) is 17.4 Å². The molecular formula is C54H56Cl2N10O6S. The van der Waals surface area contributed by atoms with Crippen LogP contribution in [0.4, 0.5) is 0 Å². The first-order valence-electron chi connectivity index (χ1n) is 25.1. The number of ether oxygens (including phenoxy) is 4. The minimum atomic E-state index is -0.655. The number of H-pyrrole nitrogens is 1. The van der Waals surface area contributed by atoms with E-state index < -0.39 is 18.2 Å². The Hall–Kier alpha value is -5.76. The molecule has 3 aromatic carbocycles. The van der Waals surface area contributed by atoms with E-state index in [9.17, 15) is 9.90 Å². The Balaban J connectivity index is 0.600. The normalized spacial score (nSPS) is 22.5. The molecule has 0 bridgehead atoms. The molecule has 73 heavy (non-hydrogen) atoms. The number of hydrogen-bond donors (Lipinski definition) is 2. The molecule has 5 aliphatic heterocycles. The zero-order valence-corrected chi connectivity index (χ0v) is 43.2. The summed E-state index contributed by atoms with van der Waals surface area (Å²) in [6.07, 6.45) is 0.640. The number of fused-ring (bicyclic) bond motifs is 5. The first-order valence-corrected chi connectivity index (χ1v) is 26.7. The molecule has 4 aromatic heterocycles. The molecule has 0 radical (unpaired) electrons. The molecule has 4 fully saturated rings. The van der Waals surface area contributed by atoms with Gasteiger partial charge in [-0.2, -0.15) is 4.98 Å². The second-order valence-corrected chi connectivity index (χ2v) is 21.6. The molecule has 12 rings (SSSR count). The number of carbonyl (C=O) groups excluding carboxylic acids is 1. The topological polar surface area (TPSA) is 169 Å². The SMILES string of the molecule is Cc1sc2c(c1C)C(c1ccc(Cl)cc1)=N[C@@H](CC(=O)N1CCN(C3CCN(CCOc4ccc(-c5ccc(-c6nc7nc(O[C@@H]8CO[C@H]9[C@@H]8OC[C@H]9O)[nH]c7cc6Cl)cc5)cc4)CC3)CC1)c1nnc(C)n1-2. The van der Waals surface area contributed by atoms with Gasteiger partial charge in [0.1, 0.15) is 47.5 Å². The Morgan fingerprint density at radius 3 is 2.29 bits per heavy atom. The number of aliphatic hydroxyl groups excluding tert-OH is 1.